The Kier molecular flexibility index (Phi) is 5.41. The van der Waals surface area contributed by atoms with Gasteiger partial charge >= 0.3 is 0 Å². The highest BCUT2D eigenvalue weighted by Gasteiger charge is 2.39. The number of nitro benzene ring substituents is 1. The van der Waals surface area contributed by atoms with E-state index >= 15 is 0 Å². The van der Waals surface area contributed by atoms with Crippen molar-refractivity contribution in [3.8, 4) is 0 Å². The van der Waals surface area contributed by atoms with E-state index in [2.05, 4.69) is 4.90 Å². The van der Waals surface area contributed by atoms with Crippen molar-refractivity contribution in [2.24, 2.45) is 4.99 Å². The van der Waals surface area contributed by atoms with E-state index in [1.807, 2.05) is 13.0 Å². The van der Waals surface area contributed by atoms with Crippen molar-refractivity contribution in [2.45, 2.75) is 76.5 Å². The second kappa shape index (κ2) is 7.80. The summed E-state index contributed by atoms with van der Waals surface area (Å²) >= 11 is 1.71. The second-order valence-corrected chi connectivity index (χ2v) is 8.87. The molecule has 0 bridgehead atoms. The first kappa shape index (κ1) is 18.7. The minimum atomic E-state index is -0.392. The number of nitro groups is 1. The fraction of sp³-hybridized carbons (Fsp3) is 0.650. The molecular weight excluding hydrogens is 362 g/mol. The number of hydrogen-bond donors (Lipinski definition) is 1. The first-order valence-electron chi connectivity index (χ1n) is 10.0. The van der Waals surface area contributed by atoms with Crippen LogP contribution in [0.2, 0.25) is 0 Å². The first-order valence-corrected chi connectivity index (χ1v) is 11.0. The summed E-state index contributed by atoms with van der Waals surface area (Å²) in [4.78, 5) is 18.5. The maximum Gasteiger partial charge on any atom is 0.273 e. The molecule has 1 N–H and O–H groups in total. The van der Waals surface area contributed by atoms with Crippen LogP contribution < -0.4 is 0 Å². The summed E-state index contributed by atoms with van der Waals surface area (Å²) < 4.78 is 0. The standard InChI is InChI=1S/C20H27N3O3S/c1-13(24)19-12-27-20(22(19)14-6-2-3-7-14)21-17-10-11-18(23(25)26)16-9-5-4-8-15(16)17/h10-11,13-14,19,24H,2-9,12H2,1H3/b21-20-/t13-,19+/m1/s1. The van der Waals surface area contributed by atoms with Gasteiger partial charge in [0.2, 0.25) is 0 Å². The highest BCUT2D eigenvalue weighted by molar-refractivity contribution is 8.14. The van der Waals surface area contributed by atoms with Crippen molar-refractivity contribution in [1.29, 1.82) is 0 Å². The van der Waals surface area contributed by atoms with Crippen LogP contribution in [0.25, 0.3) is 0 Å². The predicted molar refractivity (Wildman–Crippen MR) is 109 cm³/mol. The molecule has 1 aliphatic heterocycles. The Morgan fingerprint density at radius 2 is 1.93 bits per heavy atom. The van der Waals surface area contributed by atoms with Crippen molar-refractivity contribution < 1.29 is 10.0 Å². The molecule has 0 aromatic heterocycles. The zero-order valence-electron chi connectivity index (χ0n) is 15.8. The third-order valence-corrected chi connectivity index (χ3v) is 7.20. The number of benzene rings is 1. The number of fused-ring (bicyclic) bond motifs is 1. The summed E-state index contributed by atoms with van der Waals surface area (Å²) in [6, 6.07) is 3.99. The molecule has 1 aromatic rings. The summed E-state index contributed by atoms with van der Waals surface area (Å²) in [7, 11) is 0. The Hall–Kier alpha value is -1.60. The molecule has 6 nitrogen and oxygen atoms in total. The Balaban J connectivity index is 1.72. The van der Waals surface area contributed by atoms with Crippen LogP contribution in [0.1, 0.15) is 56.6 Å². The lowest BCUT2D eigenvalue weighted by molar-refractivity contribution is -0.385. The third-order valence-electron chi connectivity index (χ3n) is 6.13. The summed E-state index contributed by atoms with van der Waals surface area (Å²) in [5.41, 5.74) is 3.04. The van der Waals surface area contributed by atoms with Crippen LogP contribution in [0.5, 0.6) is 0 Å². The second-order valence-electron chi connectivity index (χ2n) is 7.88. The molecule has 2 atom stereocenters. The number of amidine groups is 1. The molecule has 0 radical (unpaired) electrons. The largest absolute Gasteiger partial charge is 0.391 e. The normalized spacial score (nSPS) is 25.8. The van der Waals surface area contributed by atoms with E-state index in [4.69, 9.17) is 4.99 Å². The Labute approximate surface area is 164 Å². The topological polar surface area (TPSA) is 79.0 Å². The number of aliphatic hydroxyl groups excluding tert-OH is 1. The van der Waals surface area contributed by atoms with Gasteiger partial charge in [-0.2, -0.15) is 0 Å². The van der Waals surface area contributed by atoms with Crippen molar-refractivity contribution in [3.05, 3.63) is 33.4 Å². The van der Waals surface area contributed by atoms with Gasteiger partial charge < -0.3 is 10.0 Å². The van der Waals surface area contributed by atoms with Crippen LogP contribution >= 0.6 is 11.8 Å². The Morgan fingerprint density at radius 3 is 2.59 bits per heavy atom. The lowest BCUT2D eigenvalue weighted by Crippen LogP contribution is -2.46. The van der Waals surface area contributed by atoms with Gasteiger partial charge in [-0.25, -0.2) is 4.99 Å². The number of aliphatic hydroxyl groups is 1. The SMILES string of the molecule is C[C@@H](O)[C@@H]1CS/C(=N\c2ccc([N+](=O)[O-])c3c2CCCC3)N1C1CCCC1. The van der Waals surface area contributed by atoms with Crippen molar-refractivity contribution >= 4 is 28.3 Å². The van der Waals surface area contributed by atoms with Crippen molar-refractivity contribution in [3.63, 3.8) is 0 Å². The number of thioether (sulfide) groups is 1. The van der Waals surface area contributed by atoms with E-state index in [-0.39, 0.29) is 16.7 Å². The van der Waals surface area contributed by atoms with Crippen LogP contribution in [0.4, 0.5) is 11.4 Å². The van der Waals surface area contributed by atoms with Gasteiger partial charge in [-0.3, -0.25) is 10.1 Å². The monoisotopic (exact) mass is 389 g/mol. The molecule has 146 valence electrons. The molecule has 0 amide bonds. The lowest BCUT2D eigenvalue weighted by atomic mass is 9.89. The molecule has 2 fully saturated rings. The fourth-order valence-electron chi connectivity index (χ4n) is 4.74. The van der Waals surface area contributed by atoms with Gasteiger partial charge in [0, 0.05) is 23.4 Å². The van der Waals surface area contributed by atoms with Gasteiger partial charge in [-0.15, -0.1) is 0 Å². The number of rotatable bonds is 4. The minimum Gasteiger partial charge on any atom is -0.391 e. The molecule has 0 spiro atoms. The number of nitrogens with zero attached hydrogens (tertiary/aromatic N) is 3. The maximum absolute atomic E-state index is 11.4. The summed E-state index contributed by atoms with van der Waals surface area (Å²) in [5.74, 6) is 0.849. The maximum atomic E-state index is 11.4. The van der Waals surface area contributed by atoms with Crippen molar-refractivity contribution in [2.75, 3.05) is 5.75 Å². The molecule has 27 heavy (non-hydrogen) atoms. The molecule has 7 heteroatoms. The molecule has 1 saturated carbocycles. The first-order chi connectivity index (χ1) is 13.1. The van der Waals surface area contributed by atoms with Crippen LogP contribution in [0.15, 0.2) is 17.1 Å². The summed E-state index contributed by atoms with van der Waals surface area (Å²) in [6.07, 6.45) is 8.07. The zero-order valence-corrected chi connectivity index (χ0v) is 16.6. The number of aliphatic imine (C=N–C) groups is 1. The molecule has 1 saturated heterocycles. The van der Waals surface area contributed by atoms with E-state index in [1.165, 1.54) is 12.8 Å². The van der Waals surface area contributed by atoms with E-state index in [0.29, 0.717) is 6.04 Å². The Bertz CT molecular complexity index is 759. The highest BCUT2D eigenvalue weighted by Crippen LogP contribution is 2.39. The predicted octanol–water partition coefficient (Wildman–Crippen LogP) is 4.20. The molecule has 2 aliphatic carbocycles. The van der Waals surface area contributed by atoms with E-state index in [9.17, 15) is 15.2 Å². The lowest BCUT2D eigenvalue weighted by Gasteiger charge is -2.33. The quantitative estimate of drug-likeness (QED) is 0.617. The summed E-state index contributed by atoms with van der Waals surface area (Å²) in [5, 5.41) is 22.7. The molecule has 0 unspecified atom stereocenters. The number of hydrogen-bond acceptors (Lipinski definition) is 5. The molecule has 3 aliphatic rings. The Morgan fingerprint density at radius 1 is 1.22 bits per heavy atom. The molecule has 1 heterocycles. The molecule has 1 aromatic carbocycles. The third kappa shape index (κ3) is 3.59. The fourth-order valence-corrected chi connectivity index (χ4v) is 6.09. The van der Waals surface area contributed by atoms with E-state index in [0.717, 1.165) is 66.3 Å². The minimum absolute atomic E-state index is 0.103. The molecular formula is C20H27N3O3S. The van der Waals surface area contributed by atoms with Gasteiger partial charge in [0.25, 0.3) is 5.69 Å². The summed E-state index contributed by atoms with van der Waals surface area (Å²) in [6.45, 7) is 1.86. The highest BCUT2D eigenvalue weighted by atomic mass is 32.2. The van der Waals surface area contributed by atoms with E-state index < -0.39 is 6.10 Å². The van der Waals surface area contributed by atoms with Crippen molar-refractivity contribution in [1.82, 2.24) is 4.90 Å². The van der Waals surface area contributed by atoms with Gasteiger partial charge in [-0.1, -0.05) is 24.6 Å². The van der Waals surface area contributed by atoms with Crippen LogP contribution in [-0.2, 0) is 12.8 Å². The smallest absolute Gasteiger partial charge is 0.273 e. The zero-order chi connectivity index (χ0) is 19.0. The van der Waals surface area contributed by atoms with E-state index in [1.54, 1.807) is 17.8 Å². The average molecular weight is 390 g/mol. The van der Waals surface area contributed by atoms with Gasteiger partial charge in [0.1, 0.15) is 0 Å². The van der Waals surface area contributed by atoms with Gasteiger partial charge in [-0.05, 0) is 57.1 Å². The van der Waals surface area contributed by atoms with Crippen LogP contribution in [-0.4, -0.2) is 44.0 Å². The van der Waals surface area contributed by atoms with Gasteiger partial charge in [0.15, 0.2) is 5.17 Å². The molecule has 4 rings (SSSR count). The average Bonchev–Trinajstić information content (AvgIpc) is 3.31. The van der Waals surface area contributed by atoms with Crippen LogP contribution in [0, 0.1) is 10.1 Å². The van der Waals surface area contributed by atoms with Gasteiger partial charge in [0.05, 0.1) is 22.8 Å². The van der Waals surface area contributed by atoms with Crippen LogP contribution in [0.3, 0.4) is 0 Å².